The van der Waals surface area contributed by atoms with Gasteiger partial charge in [-0.1, -0.05) is 18.2 Å². The lowest BCUT2D eigenvalue weighted by atomic mass is 10.2. The lowest BCUT2D eigenvalue weighted by Crippen LogP contribution is -2.16. The summed E-state index contributed by atoms with van der Waals surface area (Å²) in [5.74, 6) is -0.313. The van der Waals surface area contributed by atoms with Gasteiger partial charge in [0.05, 0.1) is 4.92 Å². The molecule has 0 aliphatic heterocycles. The Kier molecular flexibility index (Phi) is 4.73. The maximum Gasteiger partial charge on any atom is 0.273 e. The molecule has 2 rings (SSSR count). The van der Waals surface area contributed by atoms with Crippen molar-refractivity contribution in [3.63, 3.8) is 0 Å². The summed E-state index contributed by atoms with van der Waals surface area (Å²) in [4.78, 5) is 14.2. The number of benzene rings is 1. The zero-order valence-electron chi connectivity index (χ0n) is 10.6. The molecule has 1 aromatic heterocycles. The van der Waals surface area contributed by atoms with Gasteiger partial charge >= 0.3 is 0 Å². The Balaban J connectivity index is 2.22. The molecule has 0 saturated heterocycles. The number of nitro benzene ring substituents is 1. The molecule has 21 heavy (non-hydrogen) atoms. The van der Waals surface area contributed by atoms with Crippen LogP contribution in [0.4, 0.5) is 11.5 Å². The van der Waals surface area contributed by atoms with E-state index < -0.39 is 20.7 Å². The molecule has 0 atom stereocenters. The van der Waals surface area contributed by atoms with Gasteiger partial charge in [0.15, 0.2) is 0 Å². The Hall–Kier alpha value is -1.75. The van der Waals surface area contributed by atoms with Crippen molar-refractivity contribution in [2.45, 2.75) is 5.75 Å². The number of pyridine rings is 1. The van der Waals surface area contributed by atoms with Crippen LogP contribution in [0.5, 0.6) is 0 Å². The fourth-order valence-corrected chi connectivity index (χ4v) is 3.13. The summed E-state index contributed by atoms with van der Waals surface area (Å²) in [6, 6.07) is 8.96. The molecule has 0 amide bonds. The largest absolute Gasteiger partial charge is 0.273 e. The number of para-hydroxylation sites is 1. The molecule has 1 N–H and O–H groups in total. The van der Waals surface area contributed by atoms with E-state index in [1.54, 1.807) is 12.1 Å². The second-order valence-electron chi connectivity index (χ2n) is 4.11. The molecule has 0 radical (unpaired) electrons. The molecular weight excluding hydrogens is 409 g/mol. The minimum Gasteiger partial charge on any atom is -0.267 e. The number of nitrogens with one attached hydrogen (secondary N) is 1. The van der Waals surface area contributed by atoms with Crippen molar-refractivity contribution in [2.24, 2.45) is 0 Å². The van der Waals surface area contributed by atoms with Crippen LogP contribution >= 0.6 is 22.6 Å². The van der Waals surface area contributed by atoms with E-state index in [0.29, 0.717) is 0 Å². The Morgan fingerprint density at radius 1 is 1.24 bits per heavy atom. The number of rotatable bonds is 5. The maximum atomic E-state index is 12.1. The molecule has 0 fully saturated rings. The predicted octanol–water partition coefficient (Wildman–Crippen LogP) is 2.54. The molecule has 0 aliphatic carbocycles. The third-order valence-electron chi connectivity index (χ3n) is 2.52. The normalized spacial score (nSPS) is 11.1. The monoisotopic (exact) mass is 419 g/mol. The molecular formula is C12H10IN3O4S. The first kappa shape index (κ1) is 15.6. The molecule has 1 heterocycles. The molecule has 2 aromatic rings. The number of hydrogen-bond donors (Lipinski definition) is 1. The Labute approximate surface area is 134 Å². The highest BCUT2D eigenvalue weighted by atomic mass is 127. The van der Waals surface area contributed by atoms with Gasteiger partial charge in [-0.15, -0.1) is 0 Å². The van der Waals surface area contributed by atoms with Gasteiger partial charge in [-0.05, 0) is 34.7 Å². The zero-order valence-corrected chi connectivity index (χ0v) is 13.5. The smallest absolute Gasteiger partial charge is 0.267 e. The number of sulfonamides is 1. The standard InChI is InChI=1S/C12H10IN3O4S/c13-10-5-6-12(14-7-10)15-21(19,20)8-9-3-1-2-4-11(9)16(17)18/h1-7H,8H2,(H,14,15). The highest BCUT2D eigenvalue weighted by molar-refractivity contribution is 14.1. The summed E-state index contributed by atoms with van der Waals surface area (Å²) in [6.45, 7) is 0. The topological polar surface area (TPSA) is 102 Å². The average molecular weight is 419 g/mol. The Bertz CT molecular complexity index is 762. The van der Waals surface area contributed by atoms with Gasteiger partial charge in [-0.25, -0.2) is 13.4 Å². The van der Waals surface area contributed by atoms with Gasteiger partial charge in [0, 0.05) is 21.4 Å². The van der Waals surface area contributed by atoms with E-state index in [9.17, 15) is 18.5 Å². The van der Waals surface area contributed by atoms with Crippen LogP contribution in [0.3, 0.4) is 0 Å². The van der Waals surface area contributed by atoms with E-state index in [2.05, 4.69) is 9.71 Å². The first-order valence-electron chi connectivity index (χ1n) is 5.72. The van der Waals surface area contributed by atoms with E-state index in [1.165, 1.54) is 30.5 Å². The Morgan fingerprint density at radius 2 is 1.95 bits per heavy atom. The first-order chi connectivity index (χ1) is 9.87. The summed E-state index contributed by atoms with van der Waals surface area (Å²) >= 11 is 2.05. The van der Waals surface area contributed by atoms with E-state index in [1.807, 2.05) is 22.6 Å². The zero-order chi connectivity index (χ0) is 15.5. The van der Waals surface area contributed by atoms with Gasteiger partial charge in [-0.3, -0.25) is 14.8 Å². The van der Waals surface area contributed by atoms with Crippen molar-refractivity contribution >= 4 is 44.1 Å². The highest BCUT2D eigenvalue weighted by Crippen LogP contribution is 2.21. The fourth-order valence-electron chi connectivity index (χ4n) is 1.65. The third-order valence-corrected chi connectivity index (χ3v) is 4.37. The summed E-state index contributed by atoms with van der Waals surface area (Å²) in [5, 5.41) is 10.9. The second-order valence-corrected chi connectivity index (χ2v) is 7.08. The SMILES string of the molecule is O=[N+]([O-])c1ccccc1CS(=O)(=O)Nc1ccc(I)cn1. The molecule has 9 heteroatoms. The summed E-state index contributed by atoms with van der Waals surface area (Å²) in [5.41, 5.74) is -0.0982. The van der Waals surface area contributed by atoms with Crippen molar-refractivity contribution in [2.75, 3.05) is 4.72 Å². The fraction of sp³-hybridized carbons (Fsp3) is 0.0833. The van der Waals surface area contributed by atoms with E-state index in [0.717, 1.165) is 3.57 Å². The minimum atomic E-state index is -3.78. The molecule has 0 aliphatic rings. The highest BCUT2D eigenvalue weighted by Gasteiger charge is 2.20. The van der Waals surface area contributed by atoms with Gasteiger partial charge in [0.2, 0.25) is 10.0 Å². The molecule has 0 spiro atoms. The summed E-state index contributed by atoms with van der Waals surface area (Å²) < 4.78 is 27.3. The van der Waals surface area contributed by atoms with Crippen molar-refractivity contribution in [1.82, 2.24) is 4.98 Å². The first-order valence-corrected chi connectivity index (χ1v) is 8.45. The molecule has 7 nitrogen and oxygen atoms in total. The van der Waals surface area contributed by atoms with Crippen LogP contribution in [-0.2, 0) is 15.8 Å². The molecule has 1 aromatic carbocycles. The summed E-state index contributed by atoms with van der Waals surface area (Å²) in [7, 11) is -3.78. The number of anilines is 1. The van der Waals surface area contributed by atoms with Crippen molar-refractivity contribution < 1.29 is 13.3 Å². The van der Waals surface area contributed by atoms with Crippen LogP contribution in [0.2, 0.25) is 0 Å². The molecule has 110 valence electrons. The van der Waals surface area contributed by atoms with Crippen LogP contribution in [0, 0.1) is 13.7 Å². The van der Waals surface area contributed by atoms with Gasteiger partial charge in [-0.2, -0.15) is 0 Å². The van der Waals surface area contributed by atoms with Gasteiger partial charge in [0.25, 0.3) is 5.69 Å². The van der Waals surface area contributed by atoms with Crippen LogP contribution < -0.4 is 4.72 Å². The summed E-state index contributed by atoms with van der Waals surface area (Å²) in [6.07, 6.45) is 1.52. The van der Waals surface area contributed by atoms with Crippen molar-refractivity contribution in [1.29, 1.82) is 0 Å². The number of aromatic nitrogens is 1. The number of nitro groups is 1. The minimum absolute atomic E-state index is 0.125. The molecule has 0 saturated carbocycles. The maximum absolute atomic E-state index is 12.1. The van der Waals surface area contributed by atoms with Crippen molar-refractivity contribution in [3.05, 3.63) is 61.8 Å². The lowest BCUT2D eigenvalue weighted by molar-refractivity contribution is -0.385. The van der Waals surface area contributed by atoms with E-state index >= 15 is 0 Å². The second kappa shape index (κ2) is 6.35. The number of nitrogens with zero attached hydrogens (tertiary/aromatic N) is 2. The van der Waals surface area contributed by atoms with Crippen LogP contribution in [0.25, 0.3) is 0 Å². The van der Waals surface area contributed by atoms with Crippen molar-refractivity contribution in [3.8, 4) is 0 Å². The van der Waals surface area contributed by atoms with Crippen LogP contribution in [-0.4, -0.2) is 18.3 Å². The van der Waals surface area contributed by atoms with E-state index in [-0.39, 0.29) is 17.1 Å². The van der Waals surface area contributed by atoms with E-state index in [4.69, 9.17) is 0 Å². The number of hydrogen-bond acceptors (Lipinski definition) is 5. The Morgan fingerprint density at radius 3 is 2.57 bits per heavy atom. The van der Waals surface area contributed by atoms with Crippen LogP contribution in [0.1, 0.15) is 5.56 Å². The average Bonchev–Trinajstić information content (AvgIpc) is 2.41. The van der Waals surface area contributed by atoms with Crippen LogP contribution in [0.15, 0.2) is 42.6 Å². The quantitative estimate of drug-likeness (QED) is 0.456. The molecule has 0 unspecified atom stereocenters. The number of halogens is 1. The third kappa shape index (κ3) is 4.36. The van der Waals surface area contributed by atoms with Gasteiger partial charge < -0.3 is 0 Å². The van der Waals surface area contributed by atoms with Gasteiger partial charge in [0.1, 0.15) is 11.6 Å². The molecule has 0 bridgehead atoms. The predicted molar refractivity (Wildman–Crippen MR) is 86.3 cm³/mol. The lowest BCUT2D eigenvalue weighted by Gasteiger charge is -2.07.